The van der Waals surface area contributed by atoms with Gasteiger partial charge in [0.2, 0.25) is 5.91 Å². The van der Waals surface area contributed by atoms with E-state index in [4.69, 9.17) is 0 Å². The number of thioether (sulfide) groups is 1. The summed E-state index contributed by atoms with van der Waals surface area (Å²) < 4.78 is 0. The van der Waals surface area contributed by atoms with E-state index in [1.165, 1.54) is 11.1 Å². The van der Waals surface area contributed by atoms with E-state index < -0.39 is 0 Å². The fraction of sp³-hybridized carbons (Fsp3) is 0.364. The van der Waals surface area contributed by atoms with Crippen LogP contribution in [0.25, 0.3) is 10.9 Å². The largest absolute Gasteiger partial charge is 0.341 e. The minimum Gasteiger partial charge on any atom is -0.341 e. The molecule has 3 atom stereocenters. The molecule has 1 amide bonds. The van der Waals surface area contributed by atoms with Crippen molar-refractivity contribution in [3.8, 4) is 0 Å². The number of piperidine rings is 1. The van der Waals surface area contributed by atoms with Crippen molar-refractivity contribution in [2.45, 2.75) is 47.9 Å². The normalized spacial score (nSPS) is 27.5. The Morgan fingerprint density at radius 3 is 2.85 bits per heavy atom. The number of aromatic amines is 1. The number of hydrogen-bond donors (Lipinski definition) is 1. The lowest BCUT2D eigenvalue weighted by atomic mass is 9.63. The van der Waals surface area contributed by atoms with Crippen molar-refractivity contribution in [2.24, 2.45) is 0 Å². The van der Waals surface area contributed by atoms with Gasteiger partial charge in [-0.3, -0.25) is 9.89 Å². The van der Waals surface area contributed by atoms with Crippen molar-refractivity contribution in [3.05, 3.63) is 59.7 Å². The number of aryl methyl sites for hydroxylation is 1. The molecule has 1 aromatic heterocycles. The van der Waals surface area contributed by atoms with E-state index in [0.717, 1.165) is 35.2 Å². The Morgan fingerprint density at radius 1 is 1.19 bits per heavy atom. The molecule has 1 saturated heterocycles. The maximum absolute atomic E-state index is 13.2. The summed E-state index contributed by atoms with van der Waals surface area (Å²) in [5, 5.41) is 9.47. The highest BCUT2D eigenvalue weighted by Gasteiger charge is 2.50. The fourth-order valence-corrected chi connectivity index (χ4v) is 6.43. The molecule has 1 aliphatic heterocycles. The Hall–Kier alpha value is -2.27. The lowest BCUT2D eigenvalue weighted by Crippen LogP contribution is -2.60. The number of aromatic nitrogens is 2. The summed E-state index contributed by atoms with van der Waals surface area (Å²) >= 11 is 1.61. The molecule has 1 fully saturated rings. The summed E-state index contributed by atoms with van der Waals surface area (Å²) in [6.07, 6.45) is 2.94. The second-order valence-electron chi connectivity index (χ2n) is 7.96. The average molecular weight is 378 g/mol. The van der Waals surface area contributed by atoms with Crippen LogP contribution in [-0.2, 0) is 16.6 Å². The van der Waals surface area contributed by atoms with Crippen LogP contribution in [0, 0.1) is 0 Å². The summed E-state index contributed by atoms with van der Waals surface area (Å²) in [5.74, 6) is 0.230. The first kappa shape index (κ1) is 16.9. The number of carbonyl (C=O) groups is 1. The first-order valence-electron chi connectivity index (χ1n) is 9.53. The van der Waals surface area contributed by atoms with Crippen LogP contribution in [0.1, 0.15) is 30.9 Å². The molecule has 27 heavy (non-hydrogen) atoms. The third-order valence-corrected chi connectivity index (χ3v) is 7.63. The highest BCUT2D eigenvalue weighted by atomic mass is 32.2. The number of rotatable bonds is 2. The number of H-pyrrole nitrogens is 1. The first-order chi connectivity index (χ1) is 13.1. The number of amides is 1. The topological polar surface area (TPSA) is 49.0 Å². The van der Waals surface area contributed by atoms with Crippen molar-refractivity contribution in [1.82, 2.24) is 15.1 Å². The molecular weight excluding hydrogens is 354 g/mol. The fourth-order valence-electron chi connectivity index (χ4n) is 5.06. The van der Waals surface area contributed by atoms with Crippen molar-refractivity contribution in [1.29, 1.82) is 0 Å². The third kappa shape index (κ3) is 2.52. The van der Waals surface area contributed by atoms with Gasteiger partial charge in [0, 0.05) is 23.9 Å². The van der Waals surface area contributed by atoms with Gasteiger partial charge in [0.1, 0.15) is 5.03 Å². The SMILES string of the molecule is CN1C(=O)C(Sc2n[nH]c3ccccc23)C[C@]2(C)c3ccccc3CC[C@@H]12. The zero-order valence-electron chi connectivity index (χ0n) is 15.6. The van der Waals surface area contributed by atoms with Gasteiger partial charge in [-0.2, -0.15) is 5.10 Å². The molecule has 4 nitrogen and oxygen atoms in total. The van der Waals surface area contributed by atoms with Crippen LogP contribution in [0.2, 0.25) is 0 Å². The van der Waals surface area contributed by atoms with Crippen LogP contribution in [0.15, 0.2) is 53.6 Å². The van der Waals surface area contributed by atoms with E-state index in [0.29, 0.717) is 0 Å². The van der Waals surface area contributed by atoms with Crippen molar-refractivity contribution < 1.29 is 4.79 Å². The van der Waals surface area contributed by atoms with E-state index in [2.05, 4.69) is 47.5 Å². The summed E-state index contributed by atoms with van der Waals surface area (Å²) in [6, 6.07) is 17.1. The van der Waals surface area contributed by atoms with Crippen LogP contribution < -0.4 is 0 Å². The summed E-state index contributed by atoms with van der Waals surface area (Å²) in [7, 11) is 1.98. The van der Waals surface area contributed by atoms with Gasteiger partial charge in [-0.25, -0.2) is 0 Å². The molecule has 0 spiro atoms. The van der Waals surface area contributed by atoms with Gasteiger partial charge in [-0.15, -0.1) is 0 Å². The number of likely N-dealkylation sites (N-methyl/N-ethyl adjacent to an activating group) is 1. The Morgan fingerprint density at radius 2 is 1.96 bits per heavy atom. The molecule has 0 radical (unpaired) electrons. The van der Waals surface area contributed by atoms with Crippen LogP contribution in [0.3, 0.4) is 0 Å². The first-order valence-corrected chi connectivity index (χ1v) is 10.4. The van der Waals surface area contributed by atoms with E-state index in [1.807, 2.05) is 30.1 Å². The van der Waals surface area contributed by atoms with Gasteiger partial charge in [0.15, 0.2) is 0 Å². The molecule has 1 N–H and O–H groups in total. The smallest absolute Gasteiger partial charge is 0.236 e. The molecule has 2 aliphatic rings. The Bertz CT molecular complexity index is 1030. The highest BCUT2D eigenvalue weighted by Crippen LogP contribution is 2.49. The number of fused-ring (bicyclic) bond motifs is 4. The number of hydrogen-bond acceptors (Lipinski definition) is 3. The van der Waals surface area contributed by atoms with E-state index in [1.54, 1.807) is 11.8 Å². The quantitative estimate of drug-likeness (QED) is 0.730. The van der Waals surface area contributed by atoms with Gasteiger partial charge in [-0.05, 0) is 36.5 Å². The number of para-hydroxylation sites is 1. The molecule has 5 rings (SSSR count). The Labute approximate surface area is 163 Å². The summed E-state index contributed by atoms with van der Waals surface area (Å²) in [5.41, 5.74) is 3.86. The Balaban J connectivity index is 1.53. The van der Waals surface area contributed by atoms with Crippen LogP contribution in [0.5, 0.6) is 0 Å². The zero-order chi connectivity index (χ0) is 18.6. The predicted octanol–water partition coefficient (Wildman–Crippen LogP) is 4.16. The average Bonchev–Trinajstić information content (AvgIpc) is 3.09. The molecule has 5 heteroatoms. The lowest BCUT2D eigenvalue weighted by molar-refractivity contribution is -0.137. The standard InChI is InChI=1S/C22H23N3OS/c1-22-13-18(27-20-15-8-4-6-10-17(15)23-24-20)21(26)25(2)19(22)12-11-14-7-3-5-9-16(14)22/h3-10,18-19H,11-13H2,1-2H3,(H,23,24)/t18?,19-,22-/m1/s1. The molecule has 1 aliphatic carbocycles. The molecule has 0 bridgehead atoms. The van der Waals surface area contributed by atoms with Crippen LogP contribution >= 0.6 is 11.8 Å². The molecule has 2 aromatic carbocycles. The van der Waals surface area contributed by atoms with Gasteiger partial charge in [0.05, 0.1) is 10.8 Å². The van der Waals surface area contributed by atoms with Gasteiger partial charge in [0.25, 0.3) is 0 Å². The van der Waals surface area contributed by atoms with E-state index >= 15 is 0 Å². The number of likely N-dealkylation sites (tertiary alicyclic amines) is 1. The second kappa shape index (κ2) is 6.13. The number of benzene rings is 2. The maximum Gasteiger partial charge on any atom is 0.236 e. The Kier molecular flexibility index (Phi) is 3.83. The van der Waals surface area contributed by atoms with Gasteiger partial charge in [-0.1, -0.05) is 61.2 Å². The van der Waals surface area contributed by atoms with E-state index in [9.17, 15) is 4.79 Å². The minimum atomic E-state index is -0.117. The van der Waals surface area contributed by atoms with Crippen molar-refractivity contribution in [3.63, 3.8) is 0 Å². The maximum atomic E-state index is 13.2. The van der Waals surface area contributed by atoms with Crippen LogP contribution in [0.4, 0.5) is 0 Å². The molecule has 138 valence electrons. The van der Waals surface area contributed by atoms with Gasteiger partial charge >= 0.3 is 0 Å². The number of carbonyl (C=O) groups excluding carboxylic acids is 1. The highest BCUT2D eigenvalue weighted by molar-refractivity contribution is 8.00. The lowest BCUT2D eigenvalue weighted by Gasteiger charge is -2.52. The minimum absolute atomic E-state index is 0.0126. The van der Waals surface area contributed by atoms with E-state index in [-0.39, 0.29) is 22.6 Å². The number of nitrogens with one attached hydrogen (secondary N) is 1. The van der Waals surface area contributed by atoms with Crippen LogP contribution in [-0.4, -0.2) is 39.3 Å². The summed E-state index contributed by atoms with van der Waals surface area (Å²) in [6.45, 7) is 2.34. The molecule has 0 saturated carbocycles. The molecule has 1 unspecified atom stereocenters. The predicted molar refractivity (Wildman–Crippen MR) is 109 cm³/mol. The number of nitrogens with zero attached hydrogens (tertiary/aromatic N) is 2. The molecular formula is C22H23N3OS. The van der Waals surface area contributed by atoms with Crippen molar-refractivity contribution >= 4 is 28.6 Å². The monoisotopic (exact) mass is 377 g/mol. The summed E-state index contributed by atoms with van der Waals surface area (Å²) in [4.78, 5) is 15.2. The second-order valence-corrected chi connectivity index (χ2v) is 9.15. The van der Waals surface area contributed by atoms with Gasteiger partial charge < -0.3 is 4.90 Å². The molecule has 3 aromatic rings. The zero-order valence-corrected chi connectivity index (χ0v) is 16.4. The van der Waals surface area contributed by atoms with Crippen molar-refractivity contribution in [2.75, 3.05) is 7.05 Å². The molecule has 2 heterocycles. The third-order valence-electron chi connectivity index (χ3n) is 6.44.